The number of hydrogen-bond donors (Lipinski definition) is 7. The van der Waals surface area contributed by atoms with E-state index in [0.29, 0.717) is 0 Å². The van der Waals surface area contributed by atoms with Crippen molar-refractivity contribution < 1.29 is 29.4 Å². The van der Waals surface area contributed by atoms with Crippen molar-refractivity contribution in [2.24, 2.45) is 0 Å². The molecular weight excluding hydrogens is 412 g/mol. The van der Waals surface area contributed by atoms with E-state index in [4.69, 9.17) is 10.8 Å². The molecule has 4 atom stereocenters. The van der Waals surface area contributed by atoms with Crippen LogP contribution in [0.4, 0.5) is 0 Å². The second-order valence-electron chi connectivity index (χ2n) is 8.40. The third-order valence-corrected chi connectivity index (χ3v) is 6.80. The van der Waals surface area contributed by atoms with E-state index in [0.717, 1.165) is 9.80 Å². The summed E-state index contributed by atoms with van der Waals surface area (Å²) in [6.45, 7) is -0.395. The first-order chi connectivity index (χ1) is 14.6. The molecule has 31 heavy (non-hydrogen) atoms. The van der Waals surface area contributed by atoms with Crippen molar-refractivity contribution in [3.05, 3.63) is 0 Å². The van der Waals surface area contributed by atoms with Gasteiger partial charge in [0.15, 0.2) is 17.6 Å². The van der Waals surface area contributed by atoms with E-state index in [9.17, 15) is 29.4 Å². The zero-order valence-electron chi connectivity index (χ0n) is 16.3. The van der Waals surface area contributed by atoms with Crippen LogP contribution in [0.1, 0.15) is 25.7 Å². The highest BCUT2D eigenvalue weighted by molar-refractivity contribution is 6.03. The molecule has 4 amide bonds. The number of carbonyl (C=O) groups is 4. The molecule has 5 fully saturated rings. The number of nitrogens with zero attached hydrogens (tertiary/aromatic N) is 3. The minimum atomic E-state index is -2.74. The third-order valence-electron chi connectivity index (χ3n) is 6.80. The Balaban J connectivity index is 1.54. The molecule has 0 saturated carbocycles. The Bertz CT molecular complexity index is 919. The van der Waals surface area contributed by atoms with E-state index in [-0.39, 0.29) is 62.5 Å². The third kappa shape index (κ3) is 2.39. The molecule has 5 saturated heterocycles. The Kier molecular flexibility index (Phi) is 3.90. The molecule has 0 bridgehead atoms. The lowest BCUT2D eigenvalue weighted by molar-refractivity contribution is -0.244. The van der Waals surface area contributed by atoms with Crippen LogP contribution < -0.4 is 16.0 Å². The first kappa shape index (κ1) is 19.7. The van der Waals surface area contributed by atoms with Gasteiger partial charge in [0, 0.05) is 32.2 Å². The number of likely N-dealkylation sites (tertiary alicyclic amines) is 2. The smallest absolute Gasteiger partial charge is 0.231 e. The molecule has 1 unspecified atom stereocenters. The molecule has 0 aromatic rings. The average molecular weight is 434 g/mol. The van der Waals surface area contributed by atoms with Gasteiger partial charge < -0.3 is 31.1 Å². The van der Waals surface area contributed by atoms with Crippen LogP contribution in [0.3, 0.4) is 0 Å². The summed E-state index contributed by atoms with van der Waals surface area (Å²) in [5, 5.41) is 47.5. The van der Waals surface area contributed by atoms with Crippen molar-refractivity contribution in [1.82, 2.24) is 30.7 Å². The number of amides is 4. The van der Waals surface area contributed by atoms with Gasteiger partial charge in [-0.15, -0.1) is 0 Å². The Labute approximate surface area is 175 Å². The number of hydrogen-bond acceptors (Lipinski definition) is 8. The van der Waals surface area contributed by atoms with Crippen LogP contribution in [0.25, 0.3) is 0 Å². The first-order valence-corrected chi connectivity index (χ1v) is 9.96. The van der Waals surface area contributed by atoms with Crippen LogP contribution in [0.5, 0.6) is 0 Å². The highest BCUT2D eigenvalue weighted by Crippen LogP contribution is 2.45. The Hall–Kier alpha value is -3.26. The first-order valence-electron chi connectivity index (χ1n) is 9.96. The summed E-state index contributed by atoms with van der Waals surface area (Å²) in [7, 11) is 0. The van der Waals surface area contributed by atoms with Crippen molar-refractivity contribution >= 4 is 35.5 Å². The number of rotatable bonds is 3. The molecule has 5 aliphatic rings. The van der Waals surface area contributed by atoms with Crippen LogP contribution in [-0.2, 0) is 19.2 Å². The summed E-state index contributed by atoms with van der Waals surface area (Å²) >= 11 is 0. The van der Waals surface area contributed by atoms with Crippen LogP contribution >= 0.6 is 0 Å². The van der Waals surface area contributed by atoms with Crippen LogP contribution in [-0.4, -0.2) is 103 Å². The van der Waals surface area contributed by atoms with Gasteiger partial charge in [-0.2, -0.15) is 0 Å². The zero-order chi connectivity index (χ0) is 22.3. The topological polar surface area (TPSA) is 202 Å². The van der Waals surface area contributed by atoms with Gasteiger partial charge in [-0.05, 0) is 0 Å². The lowest BCUT2D eigenvalue weighted by Crippen LogP contribution is -2.81. The molecule has 0 aromatic heterocycles. The van der Waals surface area contributed by atoms with Crippen LogP contribution in [0.15, 0.2) is 0 Å². The Morgan fingerprint density at radius 3 is 2.13 bits per heavy atom. The molecule has 1 spiro atoms. The minimum Gasteiger partial charge on any atom is -0.361 e. The predicted octanol–water partition coefficient (Wildman–Crippen LogP) is -4.25. The maximum Gasteiger partial charge on any atom is 0.231 e. The fourth-order valence-corrected chi connectivity index (χ4v) is 5.39. The quantitative estimate of drug-likeness (QED) is 0.168. The number of nitrogens with one attached hydrogen (secondary N) is 5. The predicted molar refractivity (Wildman–Crippen MR) is 99.9 cm³/mol. The Morgan fingerprint density at radius 2 is 1.52 bits per heavy atom. The van der Waals surface area contributed by atoms with Crippen molar-refractivity contribution in [3.8, 4) is 0 Å². The summed E-state index contributed by atoms with van der Waals surface area (Å²) in [4.78, 5) is 51.9. The van der Waals surface area contributed by atoms with E-state index in [1.54, 1.807) is 0 Å². The maximum absolute atomic E-state index is 12.3. The normalized spacial score (nSPS) is 36.6. The van der Waals surface area contributed by atoms with Crippen molar-refractivity contribution in [2.45, 2.75) is 55.3 Å². The monoisotopic (exact) mass is 434 g/mol. The number of carbonyl (C=O) groups excluding carboxylic acids is 4. The lowest BCUT2D eigenvalue weighted by Gasteiger charge is -2.51. The van der Waals surface area contributed by atoms with Crippen LogP contribution in [0.2, 0.25) is 0 Å². The van der Waals surface area contributed by atoms with E-state index in [1.165, 1.54) is 4.90 Å². The highest BCUT2D eigenvalue weighted by atomic mass is 16.5. The fraction of sp³-hybridized carbons (Fsp3) is 0.647. The van der Waals surface area contributed by atoms with Gasteiger partial charge in [0.25, 0.3) is 0 Å². The molecule has 5 heterocycles. The average Bonchev–Trinajstić information content (AvgIpc) is 3.38. The van der Waals surface area contributed by atoms with Crippen molar-refractivity contribution in [3.63, 3.8) is 0 Å². The molecule has 166 valence electrons. The van der Waals surface area contributed by atoms with Gasteiger partial charge in [-0.1, -0.05) is 0 Å². The molecule has 0 aromatic carbocycles. The van der Waals surface area contributed by atoms with E-state index < -0.39 is 41.4 Å². The summed E-state index contributed by atoms with van der Waals surface area (Å²) in [6, 6.07) is -3.20. The van der Waals surface area contributed by atoms with Gasteiger partial charge in [-0.3, -0.25) is 39.8 Å². The molecule has 0 radical (unpaired) electrons. The Morgan fingerprint density at radius 1 is 0.935 bits per heavy atom. The summed E-state index contributed by atoms with van der Waals surface area (Å²) in [5.74, 6) is -5.07. The molecule has 5 rings (SSSR count). The molecule has 14 nitrogen and oxygen atoms in total. The molecule has 5 aliphatic heterocycles. The summed E-state index contributed by atoms with van der Waals surface area (Å²) in [5.41, 5.74) is -1.88. The zero-order valence-corrected chi connectivity index (χ0v) is 16.3. The second kappa shape index (κ2) is 6.13. The van der Waals surface area contributed by atoms with E-state index in [2.05, 4.69) is 16.0 Å². The highest BCUT2D eigenvalue weighted by Gasteiger charge is 2.75. The number of guanidine groups is 2. The van der Waals surface area contributed by atoms with E-state index in [1.807, 2.05) is 0 Å². The van der Waals surface area contributed by atoms with Gasteiger partial charge in [-0.25, -0.2) is 0 Å². The summed E-state index contributed by atoms with van der Waals surface area (Å²) in [6.07, 6.45) is 0.0803. The van der Waals surface area contributed by atoms with Gasteiger partial charge in [0.2, 0.25) is 29.4 Å². The van der Waals surface area contributed by atoms with Crippen molar-refractivity contribution in [2.75, 3.05) is 13.1 Å². The molecular formula is C17H22N8O6. The van der Waals surface area contributed by atoms with E-state index >= 15 is 0 Å². The molecule has 14 heteroatoms. The van der Waals surface area contributed by atoms with Gasteiger partial charge >= 0.3 is 0 Å². The fourth-order valence-electron chi connectivity index (χ4n) is 5.39. The second-order valence-corrected chi connectivity index (χ2v) is 8.40. The standard InChI is InChI=1S/C17H22N8O6/c18-14-21-13-7(5-23-9(26)1-2-10(23)27)20-15(19)24-6-8(17(30,31)16(13,24)22-14)25-11(28)3-4-12(25)29/h7-8,13,30-31H,1-6H2,(H2,19,20)(H3,18,21,22)/t7-,8-,13-,16?/m0/s1. The molecule has 7 N–H and O–H groups in total. The molecule has 0 aliphatic carbocycles. The van der Waals surface area contributed by atoms with Gasteiger partial charge in [0.1, 0.15) is 6.04 Å². The number of imide groups is 2. The van der Waals surface area contributed by atoms with Gasteiger partial charge in [0.05, 0.1) is 18.6 Å². The number of aliphatic hydroxyl groups is 2. The van der Waals surface area contributed by atoms with Crippen molar-refractivity contribution in [1.29, 1.82) is 10.8 Å². The lowest BCUT2D eigenvalue weighted by atomic mass is 9.84. The SMILES string of the molecule is N=C1N[C@H]2[C@H](CN3C(=O)CCC3=O)NC(=N)N3C[C@H](N4C(=O)CCC4=O)C(O)(O)C23N1. The van der Waals surface area contributed by atoms with Crippen LogP contribution in [0, 0.1) is 10.8 Å². The summed E-state index contributed by atoms with van der Waals surface area (Å²) < 4.78 is 0. The minimum absolute atomic E-state index is 0.0408. The largest absolute Gasteiger partial charge is 0.361 e. The maximum atomic E-state index is 12.3.